The van der Waals surface area contributed by atoms with Crippen LogP contribution in [0.5, 0.6) is 0 Å². The summed E-state index contributed by atoms with van der Waals surface area (Å²) in [5.41, 5.74) is 8.38. The second kappa shape index (κ2) is 2.21. The van der Waals surface area contributed by atoms with Crippen LogP contribution in [0, 0.1) is 6.92 Å². The quantitative estimate of drug-likeness (QED) is 0.478. The van der Waals surface area contributed by atoms with E-state index in [-0.39, 0.29) is 5.56 Å². The predicted octanol–water partition coefficient (Wildman–Crippen LogP) is -0.654. The highest BCUT2D eigenvalue weighted by atomic mass is 16.1. The van der Waals surface area contributed by atoms with Gasteiger partial charge in [0.2, 0.25) is 0 Å². The molecule has 0 fully saturated rings. The number of hydrogen-bond acceptors (Lipinski definition) is 5. The van der Waals surface area contributed by atoms with Crippen LogP contribution in [-0.4, -0.2) is 9.55 Å². The van der Waals surface area contributed by atoms with Crippen molar-refractivity contribution in [1.82, 2.24) is 15.1 Å². The van der Waals surface area contributed by atoms with Crippen LogP contribution in [0.3, 0.4) is 0 Å². The minimum Gasteiger partial charge on any atom is -0.298 e. The van der Waals surface area contributed by atoms with Crippen LogP contribution in [0.4, 0.5) is 11.5 Å². The van der Waals surface area contributed by atoms with Crippen molar-refractivity contribution in [3.8, 4) is 0 Å². The van der Waals surface area contributed by atoms with Gasteiger partial charge in [0.1, 0.15) is 5.82 Å². The molecule has 0 radical (unpaired) electrons. The molecule has 1 aromatic heterocycles. The summed E-state index contributed by atoms with van der Waals surface area (Å²) in [6.45, 7) is 1.78. The van der Waals surface area contributed by atoms with Gasteiger partial charge in [0.15, 0.2) is 11.5 Å². The Hall–Kier alpha value is -1.56. The molecule has 1 aromatic rings. The Morgan fingerprint density at radius 2 is 2.17 bits per heavy atom. The van der Waals surface area contributed by atoms with Gasteiger partial charge in [-0.25, -0.2) is 4.98 Å². The summed E-state index contributed by atoms with van der Waals surface area (Å²) in [7, 11) is 1.69. The lowest BCUT2D eigenvalue weighted by atomic mass is 10.4. The van der Waals surface area contributed by atoms with Crippen LogP contribution in [-0.2, 0) is 7.05 Å². The summed E-state index contributed by atoms with van der Waals surface area (Å²) in [6, 6.07) is 0. The van der Waals surface area contributed by atoms with E-state index in [2.05, 4.69) is 21.4 Å². The van der Waals surface area contributed by atoms with E-state index in [0.717, 1.165) is 0 Å². The second-order valence-corrected chi connectivity index (χ2v) is 2.62. The maximum atomic E-state index is 11.5. The van der Waals surface area contributed by atoms with Gasteiger partial charge in [0.25, 0.3) is 5.56 Å². The van der Waals surface area contributed by atoms with Crippen molar-refractivity contribution in [3.63, 3.8) is 0 Å². The zero-order valence-electron chi connectivity index (χ0n) is 6.80. The van der Waals surface area contributed by atoms with E-state index in [9.17, 15) is 4.79 Å². The Labute approximate surface area is 68.6 Å². The van der Waals surface area contributed by atoms with E-state index in [1.165, 1.54) is 4.57 Å². The van der Waals surface area contributed by atoms with E-state index in [0.29, 0.717) is 17.3 Å². The molecular weight excluding hydrogens is 158 g/mol. The van der Waals surface area contributed by atoms with Crippen LogP contribution in [0.15, 0.2) is 4.79 Å². The lowest BCUT2D eigenvalue weighted by Gasteiger charge is -2.03. The molecule has 0 bridgehead atoms. The fraction of sp³-hybridized carbons (Fsp3) is 0.333. The smallest absolute Gasteiger partial charge is 0.280 e. The maximum Gasteiger partial charge on any atom is 0.280 e. The molecule has 0 atom stereocenters. The topological polar surface area (TPSA) is 71.0 Å². The first kappa shape index (κ1) is 7.11. The predicted molar refractivity (Wildman–Crippen MR) is 44.6 cm³/mol. The van der Waals surface area contributed by atoms with Gasteiger partial charge in [-0.3, -0.25) is 20.2 Å². The molecule has 12 heavy (non-hydrogen) atoms. The minimum absolute atomic E-state index is 0.0880. The number of aromatic nitrogens is 2. The van der Waals surface area contributed by atoms with E-state index < -0.39 is 0 Å². The average Bonchev–Trinajstić information content (AvgIpc) is 2.48. The standard InChI is InChI=1S/C6H9N5O/c1-3-7-5-4(8-10-9-5)6(12)11(3)2/h8-10H,1-2H3. The molecule has 6 heteroatoms. The first-order valence-corrected chi connectivity index (χ1v) is 3.55. The largest absolute Gasteiger partial charge is 0.298 e. The van der Waals surface area contributed by atoms with Gasteiger partial charge >= 0.3 is 0 Å². The van der Waals surface area contributed by atoms with Crippen molar-refractivity contribution in [3.05, 3.63) is 16.2 Å². The molecule has 1 aliphatic rings. The molecule has 1 aliphatic heterocycles. The molecule has 2 heterocycles. The van der Waals surface area contributed by atoms with Gasteiger partial charge in [-0.1, -0.05) is 0 Å². The Morgan fingerprint density at radius 1 is 1.42 bits per heavy atom. The molecule has 0 unspecified atom stereocenters. The summed E-state index contributed by atoms with van der Waals surface area (Å²) >= 11 is 0. The van der Waals surface area contributed by atoms with Crippen molar-refractivity contribution < 1.29 is 0 Å². The van der Waals surface area contributed by atoms with E-state index >= 15 is 0 Å². The molecule has 0 spiro atoms. The number of anilines is 2. The zero-order valence-corrected chi connectivity index (χ0v) is 6.80. The first-order valence-electron chi connectivity index (χ1n) is 3.55. The van der Waals surface area contributed by atoms with Gasteiger partial charge < -0.3 is 0 Å². The number of hydrazine groups is 2. The summed E-state index contributed by atoms with van der Waals surface area (Å²) in [5, 5.41) is 0. The second-order valence-electron chi connectivity index (χ2n) is 2.62. The Bertz CT molecular complexity index is 382. The number of nitrogens with zero attached hydrogens (tertiary/aromatic N) is 2. The van der Waals surface area contributed by atoms with E-state index in [1.807, 2.05) is 0 Å². The average molecular weight is 167 g/mol. The van der Waals surface area contributed by atoms with Gasteiger partial charge in [0.05, 0.1) is 0 Å². The summed E-state index contributed by atoms with van der Waals surface area (Å²) in [5.74, 6) is 1.23. The summed E-state index contributed by atoms with van der Waals surface area (Å²) in [4.78, 5) is 15.6. The first-order chi connectivity index (χ1) is 5.70. The fourth-order valence-electron chi connectivity index (χ4n) is 1.06. The number of rotatable bonds is 0. The molecule has 0 amide bonds. The van der Waals surface area contributed by atoms with Gasteiger partial charge in [0, 0.05) is 7.05 Å². The third-order valence-corrected chi connectivity index (χ3v) is 1.88. The third kappa shape index (κ3) is 0.782. The fourth-order valence-corrected chi connectivity index (χ4v) is 1.06. The monoisotopic (exact) mass is 167 g/mol. The van der Waals surface area contributed by atoms with E-state index in [1.54, 1.807) is 14.0 Å². The number of fused-ring (bicyclic) bond motifs is 1. The van der Waals surface area contributed by atoms with Crippen molar-refractivity contribution in [1.29, 1.82) is 0 Å². The lowest BCUT2D eigenvalue weighted by molar-refractivity contribution is 0.783. The van der Waals surface area contributed by atoms with Crippen LogP contribution in [0.25, 0.3) is 0 Å². The molecule has 0 saturated carbocycles. The highest BCUT2D eigenvalue weighted by Gasteiger charge is 2.16. The normalized spacial score (nSPS) is 13.5. The summed E-state index contributed by atoms with van der Waals surface area (Å²) in [6.07, 6.45) is 0. The zero-order chi connectivity index (χ0) is 8.72. The van der Waals surface area contributed by atoms with Crippen LogP contribution < -0.4 is 21.9 Å². The molecular formula is C6H9N5O. The Kier molecular flexibility index (Phi) is 1.31. The Balaban J connectivity index is 2.76. The van der Waals surface area contributed by atoms with Crippen molar-refractivity contribution in [2.45, 2.75) is 6.92 Å². The highest BCUT2D eigenvalue weighted by molar-refractivity contribution is 5.65. The number of aryl methyl sites for hydroxylation is 1. The van der Waals surface area contributed by atoms with Crippen molar-refractivity contribution in [2.75, 3.05) is 10.9 Å². The van der Waals surface area contributed by atoms with Gasteiger partial charge in [-0.2, -0.15) is 0 Å². The molecule has 2 rings (SSSR count). The molecule has 0 aromatic carbocycles. The maximum absolute atomic E-state index is 11.5. The molecule has 0 aliphatic carbocycles. The van der Waals surface area contributed by atoms with Crippen LogP contribution in [0.2, 0.25) is 0 Å². The molecule has 6 nitrogen and oxygen atoms in total. The SMILES string of the molecule is Cc1nc2c(c(=O)n1C)NNN2. The summed E-state index contributed by atoms with van der Waals surface area (Å²) < 4.78 is 1.49. The van der Waals surface area contributed by atoms with E-state index in [4.69, 9.17) is 0 Å². The van der Waals surface area contributed by atoms with Gasteiger partial charge in [-0.15, -0.1) is 5.53 Å². The minimum atomic E-state index is -0.0880. The van der Waals surface area contributed by atoms with Gasteiger partial charge in [-0.05, 0) is 6.92 Å². The highest BCUT2D eigenvalue weighted by Crippen LogP contribution is 2.15. The third-order valence-electron chi connectivity index (χ3n) is 1.88. The van der Waals surface area contributed by atoms with Crippen LogP contribution >= 0.6 is 0 Å². The molecule has 64 valence electrons. The number of nitrogens with one attached hydrogen (secondary N) is 3. The Morgan fingerprint density at radius 3 is 2.92 bits per heavy atom. The van der Waals surface area contributed by atoms with Crippen molar-refractivity contribution >= 4 is 11.5 Å². The van der Waals surface area contributed by atoms with Crippen LogP contribution in [0.1, 0.15) is 5.82 Å². The number of hydrogen-bond donors (Lipinski definition) is 3. The van der Waals surface area contributed by atoms with Crippen molar-refractivity contribution in [2.24, 2.45) is 7.05 Å². The molecule has 0 saturated heterocycles. The molecule has 3 N–H and O–H groups in total. The lowest BCUT2D eigenvalue weighted by Crippen LogP contribution is -2.24.